The predicted octanol–water partition coefficient (Wildman–Crippen LogP) is 1.56. The Morgan fingerprint density at radius 1 is 1.53 bits per heavy atom. The SMILES string of the molecule is CCOC(=O)CC(N)c1ccc(OC)c([N+](=O)[O-])c1. The second-order valence-corrected chi connectivity index (χ2v) is 3.80. The standard InChI is InChI=1S/C12H16N2O5/c1-3-19-12(15)7-9(13)8-4-5-11(18-2)10(6-8)14(16)17/h4-6,9H,3,7,13H2,1-2H3. The van der Waals surface area contributed by atoms with Crippen molar-refractivity contribution in [2.45, 2.75) is 19.4 Å². The van der Waals surface area contributed by atoms with Crippen LogP contribution < -0.4 is 10.5 Å². The Labute approximate surface area is 110 Å². The molecule has 1 aromatic carbocycles. The average molecular weight is 268 g/mol. The first-order valence-electron chi connectivity index (χ1n) is 5.73. The molecule has 0 saturated carbocycles. The molecule has 19 heavy (non-hydrogen) atoms. The molecule has 7 heteroatoms. The molecule has 7 nitrogen and oxygen atoms in total. The first-order valence-corrected chi connectivity index (χ1v) is 5.73. The van der Waals surface area contributed by atoms with Gasteiger partial charge in [0.25, 0.3) is 0 Å². The number of carbonyl (C=O) groups excluding carboxylic acids is 1. The summed E-state index contributed by atoms with van der Waals surface area (Å²) in [5, 5.41) is 10.9. The Hall–Kier alpha value is -2.15. The highest BCUT2D eigenvalue weighted by molar-refractivity contribution is 5.70. The summed E-state index contributed by atoms with van der Waals surface area (Å²) in [6.45, 7) is 1.97. The van der Waals surface area contributed by atoms with Crippen molar-refractivity contribution in [1.82, 2.24) is 0 Å². The predicted molar refractivity (Wildman–Crippen MR) is 67.8 cm³/mol. The van der Waals surface area contributed by atoms with Crippen molar-refractivity contribution in [2.24, 2.45) is 5.73 Å². The maximum absolute atomic E-state index is 11.3. The Morgan fingerprint density at radius 3 is 2.74 bits per heavy atom. The van der Waals surface area contributed by atoms with E-state index in [4.69, 9.17) is 15.2 Å². The lowest BCUT2D eigenvalue weighted by Gasteiger charge is -2.12. The van der Waals surface area contributed by atoms with Crippen molar-refractivity contribution < 1.29 is 19.2 Å². The highest BCUT2D eigenvalue weighted by Crippen LogP contribution is 2.30. The molecule has 0 aromatic heterocycles. The van der Waals surface area contributed by atoms with Gasteiger partial charge in [-0.25, -0.2) is 0 Å². The van der Waals surface area contributed by atoms with Gasteiger partial charge in [-0.05, 0) is 18.6 Å². The van der Waals surface area contributed by atoms with Crippen molar-refractivity contribution in [2.75, 3.05) is 13.7 Å². The molecule has 1 unspecified atom stereocenters. The maximum atomic E-state index is 11.3. The van der Waals surface area contributed by atoms with Gasteiger partial charge in [-0.3, -0.25) is 14.9 Å². The number of hydrogen-bond acceptors (Lipinski definition) is 6. The van der Waals surface area contributed by atoms with Crippen LogP contribution in [0.2, 0.25) is 0 Å². The summed E-state index contributed by atoms with van der Waals surface area (Å²) in [5.74, 6) is -0.287. The molecule has 0 amide bonds. The molecule has 1 aromatic rings. The molecule has 0 heterocycles. The minimum Gasteiger partial charge on any atom is -0.490 e. The van der Waals surface area contributed by atoms with Gasteiger partial charge in [0.15, 0.2) is 5.75 Å². The van der Waals surface area contributed by atoms with Crippen molar-refractivity contribution in [3.63, 3.8) is 0 Å². The normalized spacial score (nSPS) is 11.7. The second-order valence-electron chi connectivity index (χ2n) is 3.80. The van der Waals surface area contributed by atoms with E-state index < -0.39 is 16.9 Å². The van der Waals surface area contributed by atoms with E-state index in [9.17, 15) is 14.9 Å². The van der Waals surface area contributed by atoms with Gasteiger partial charge in [-0.15, -0.1) is 0 Å². The Kier molecular flexibility index (Phi) is 5.25. The zero-order valence-electron chi connectivity index (χ0n) is 10.8. The summed E-state index contributed by atoms with van der Waals surface area (Å²) in [6.07, 6.45) is -0.0304. The molecular formula is C12H16N2O5. The van der Waals surface area contributed by atoms with Crippen LogP contribution in [0.15, 0.2) is 18.2 Å². The van der Waals surface area contributed by atoms with Crippen LogP contribution in [0.5, 0.6) is 5.75 Å². The van der Waals surface area contributed by atoms with Crippen LogP contribution >= 0.6 is 0 Å². The maximum Gasteiger partial charge on any atom is 0.311 e. The molecule has 0 aliphatic carbocycles. The van der Waals surface area contributed by atoms with Crippen LogP contribution in [0.3, 0.4) is 0 Å². The van der Waals surface area contributed by atoms with Crippen molar-refractivity contribution in [1.29, 1.82) is 0 Å². The zero-order chi connectivity index (χ0) is 14.4. The Balaban J connectivity index is 2.92. The average Bonchev–Trinajstić information content (AvgIpc) is 2.37. The molecule has 0 spiro atoms. The summed E-state index contributed by atoms with van der Waals surface area (Å²) < 4.78 is 9.67. The number of nitrogens with zero attached hydrogens (tertiary/aromatic N) is 1. The van der Waals surface area contributed by atoms with Crippen LogP contribution in [-0.4, -0.2) is 24.6 Å². The highest BCUT2D eigenvalue weighted by Gasteiger charge is 2.19. The topological polar surface area (TPSA) is 105 Å². The van der Waals surface area contributed by atoms with E-state index in [0.29, 0.717) is 5.56 Å². The summed E-state index contributed by atoms with van der Waals surface area (Å²) in [7, 11) is 1.35. The monoisotopic (exact) mass is 268 g/mol. The quantitative estimate of drug-likeness (QED) is 0.477. The third-order valence-corrected chi connectivity index (χ3v) is 2.52. The first-order chi connectivity index (χ1) is 8.99. The smallest absolute Gasteiger partial charge is 0.311 e. The van der Waals surface area contributed by atoms with Gasteiger partial charge < -0.3 is 15.2 Å². The summed E-state index contributed by atoms with van der Waals surface area (Å²) in [5.41, 5.74) is 6.13. The number of hydrogen-bond donors (Lipinski definition) is 1. The van der Waals surface area contributed by atoms with Gasteiger partial charge in [0.2, 0.25) is 0 Å². The van der Waals surface area contributed by atoms with Gasteiger partial charge in [-0.2, -0.15) is 0 Å². The molecule has 0 fully saturated rings. The third-order valence-electron chi connectivity index (χ3n) is 2.52. The molecular weight excluding hydrogens is 252 g/mol. The lowest BCUT2D eigenvalue weighted by molar-refractivity contribution is -0.385. The molecule has 104 valence electrons. The number of ether oxygens (including phenoxy) is 2. The van der Waals surface area contributed by atoms with Crippen molar-refractivity contribution in [3.05, 3.63) is 33.9 Å². The van der Waals surface area contributed by atoms with Crippen molar-refractivity contribution in [3.8, 4) is 5.75 Å². The molecule has 1 atom stereocenters. The molecule has 0 saturated heterocycles. The highest BCUT2D eigenvalue weighted by atomic mass is 16.6. The lowest BCUT2D eigenvalue weighted by Crippen LogP contribution is -2.17. The number of methoxy groups -OCH3 is 1. The minimum absolute atomic E-state index is 0.0304. The molecule has 0 aliphatic heterocycles. The summed E-state index contributed by atoms with van der Waals surface area (Å²) in [6, 6.07) is 3.71. The van der Waals surface area contributed by atoms with E-state index in [2.05, 4.69) is 0 Å². The van der Waals surface area contributed by atoms with Crippen LogP contribution in [0, 0.1) is 10.1 Å². The summed E-state index contributed by atoms with van der Waals surface area (Å²) >= 11 is 0. The third kappa shape index (κ3) is 3.92. The molecule has 2 N–H and O–H groups in total. The summed E-state index contributed by atoms with van der Waals surface area (Å²) in [4.78, 5) is 21.6. The van der Waals surface area contributed by atoms with E-state index >= 15 is 0 Å². The molecule has 0 aliphatic rings. The van der Waals surface area contributed by atoms with Gasteiger partial charge in [0.1, 0.15) is 0 Å². The zero-order valence-corrected chi connectivity index (χ0v) is 10.8. The number of rotatable bonds is 6. The number of nitrogens with two attached hydrogens (primary N) is 1. The van der Waals surface area contributed by atoms with E-state index in [1.807, 2.05) is 0 Å². The second kappa shape index (κ2) is 6.69. The van der Waals surface area contributed by atoms with E-state index in [-0.39, 0.29) is 24.5 Å². The van der Waals surface area contributed by atoms with Crippen LogP contribution in [0.4, 0.5) is 5.69 Å². The minimum atomic E-state index is -0.649. The van der Waals surface area contributed by atoms with E-state index in [1.54, 1.807) is 13.0 Å². The molecule has 0 radical (unpaired) electrons. The number of nitro groups is 1. The number of benzene rings is 1. The van der Waals surface area contributed by atoms with Crippen molar-refractivity contribution >= 4 is 11.7 Å². The van der Waals surface area contributed by atoms with E-state index in [0.717, 1.165) is 0 Å². The number of nitro benzene ring substituents is 1. The Bertz CT molecular complexity index is 475. The van der Waals surface area contributed by atoms with E-state index in [1.165, 1.54) is 19.2 Å². The molecule has 0 bridgehead atoms. The van der Waals surface area contributed by atoms with Crippen LogP contribution in [0.1, 0.15) is 24.9 Å². The van der Waals surface area contributed by atoms with Gasteiger partial charge in [-0.1, -0.05) is 6.07 Å². The first kappa shape index (κ1) is 14.9. The van der Waals surface area contributed by atoms with Gasteiger partial charge >= 0.3 is 11.7 Å². The fourth-order valence-corrected chi connectivity index (χ4v) is 1.60. The largest absolute Gasteiger partial charge is 0.490 e. The number of esters is 1. The molecule has 1 rings (SSSR count). The van der Waals surface area contributed by atoms with Crippen LogP contribution in [-0.2, 0) is 9.53 Å². The number of carbonyl (C=O) groups is 1. The Morgan fingerprint density at radius 2 is 2.21 bits per heavy atom. The fraction of sp³-hybridized carbons (Fsp3) is 0.417. The van der Waals surface area contributed by atoms with Crippen LogP contribution in [0.25, 0.3) is 0 Å². The lowest BCUT2D eigenvalue weighted by atomic mass is 10.0. The van der Waals surface area contributed by atoms with Gasteiger partial charge in [0.05, 0.1) is 25.1 Å². The fourth-order valence-electron chi connectivity index (χ4n) is 1.60. The van der Waals surface area contributed by atoms with Gasteiger partial charge in [0, 0.05) is 12.1 Å².